The zero-order valence-corrected chi connectivity index (χ0v) is 8.50. The van der Waals surface area contributed by atoms with Gasteiger partial charge in [0.25, 0.3) is 0 Å². The van der Waals surface area contributed by atoms with Gasteiger partial charge in [0.1, 0.15) is 5.82 Å². The molecule has 0 bridgehead atoms. The van der Waals surface area contributed by atoms with E-state index in [0.29, 0.717) is 12.1 Å². The number of nitrogens with two attached hydrogens (primary N) is 1. The minimum Gasteiger partial charge on any atom is -0.409 e. The Labute approximate surface area is 87.6 Å². The third kappa shape index (κ3) is 3.21. The largest absolute Gasteiger partial charge is 0.409 e. The fourth-order valence-corrected chi connectivity index (χ4v) is 1.23. The number of hydrogen-bond donors (Lipinski definition) is 3. The lowest BCUT2D eigenvalue weighted by atomic mass is 10.1. The predicted octanol–water partition coefficient (Wildman–Crippen LogP) is 1.03. The average Bonchev–Trinajstić information content (AvgIpc) is 2.24. The maximum absolute atomic E-state index is 13.1. The Morgan fingerprint density at radius 3 is 2.87 bits per heavy atom. The fraction of sp³-hybridized carbons (Fsp3) is 0.300. The summed E-state index contributed by atoms with van der Waals surface area (Å²) in [7, 11) is 0. The molecule has 0 aliphatic rings. The van der Waals surface area contributed by atoms with E-state index in [1.165, 1.54) is 12.1 Å². The first-order valence-electron chi connectivity index (χ1n) is 4.65. The molecule has 82 valence electrons. The summed E-state index contributed by atoms with van der Waals surface area (Å²) < 4.78 is 13.1. The van der Waals surface area contributed by atoms with Crippen LogP contribution in [0.5, 0.6) is 0 Å². The van der Waals surface area contributed by atoms with Crippen LogP contribution < -0.4 is 11.1 Å². The van der Waals surface area contributed by atoms with Gasteiger partial charge in [-0.1, -0.05) is 12.1 Å². The summed E-state index contributed by atoms with van der Waals surface area (Å²) in [5.41, 5.74) is 6.52. The topological polar surface area (TPSA) is 70.6 Å². The van der Waals surface area contributed by atoms with Crippen LogP contribution in [0, 0.1) is 5.82 Å². The second-order valence-corrected chi connectivity index (χ2v) is 3.11. The molecule has 1 rings (SSSR count). The Hall–Kier alpha value is -1.62. The molecule has 0 heterocycles. The quantitative estimate of drug-likeness (QED) is 0.301. The summed E-state index contributed by atoms with van der Waals surface area (Å²) in [6.07, 6.45) is 0. The fourth-order valence-electron chi connectivity index (χ4n) is 1.23. The van der Waals surface area contributed by atoms with E-state index < -0.39 is 5.82 Å². The van der Waals surface area contributed by atoms with Gasteiger partial charge in [-0.3, -0.25) is 0 Å². The maximum atomic E-state index is 13.1. The summed E-state index contributed by atoms with van der Waals surface area (Å²) in [6, 6.07) is 4.32. The number of benzene rings is 1. The Bertz CT molecular complexity index is 366. The molecule has 4 nitrogen and oxygen atoms in total. The molecule has 0 unspecified atom stereocenters. The van der Waals surface area contributed by atoms with Crippen molar-refractivity contribution in [3.8, 4) is 0 Å². The molecule has 1 aromatic carbocycles. The number of rotatable bonds is 4. The van der Waals surface area contributed by atoms with Gasteiger partial charge in [-0.25, -0.2) is 4.39 Å². The minimum atomic E-state index is -0.396. The first-order valence-corrected chi connectivity index (χ1v) is 4.65. The van der Waals surface area contributed by atoms with E-state index in [9.17, 15) is 4.39 Å². The van der Waals surface area contributed by atoms with Gasteiger partial charge in [0.2, 0.25) is 0 Å². The molecule has 0 aromatic heterocycles. The normalized spacial score (nSPS) is 11.7. The highest BCUT2D eigenvalue weighted by Gasteiger charge is 2.04. The summed E-state index contributed by atoms with van der Waals surface area (Å²) in [6.45, 7) is 3.32. The summed E-state index contributed by atoms with van der Waals surface area (Å²) >= 11 is 0. The molecule has 0 spiro atoms. The van der Waals surface area contributed by atoms with Gasteiger partial charge >= 0.3 is 0 Å². The van der Waals surface area contributed by atoms with E-state index in [-0.39, 0.29) is 5.84 Å². The van der Waals surface area contributed by atoms with E-state index in [2.05, 4.69) is 10.5 Å². The van der Waals surface area contributed by atoms with Crippen molar-refractivity contribution in [2.75, 3.05) is 6.54 Å². The van der Waals surface area contributed by atoms with Crippen LogP contribution >= 0.6 is 0 Å². The van der Waals surface area contributed by atoms with Gasteiger partial charge in [0.05, 0.1) is 0 Å². The number of amidine groups is 1. The molecule has 1 aromatic rings. The third-order valence-electron chi connectivity index (χ3n) is 1.94. The van der Waals surface area contributed by atoms with Crippen molar-refractivity contribution in [3.05, 3.63) is 35.1 Å². The zero-order chi connectivity index (χ0) is 11.3. The van der Waals surface area contributed by atoms with Crippen LogP contribution in [-0.2, 0) is 6.54 Å². The van der Waals surface area contributed by atoms with Crippen LogP contribution in [0.2, 0.25) is 0 Å². The molecule has 15 heavy (non-hydrogen) atoms. The number of hydrogen-bond acceptors (Lipinski definition) is 3. The monoisotopic (exact) mass is 211 g/mol. The van der Waals surface area contributed by atoms with Crippen LogP contribution in [0.15, 0.2) is 23.4 Å². The first-order chi connectivity index (χ1) is 7.17. The molecule has 5 heteroatoms. The Balaban J connectivity index is 2.94. The number of oxime groups is 1. The molecule has 0 aliphatic carbocycles. The molecular formula is C10H14FN3O. The maximum Gasteiger partial charge on any atom is 0.170 e. The van der Waals surface area contributed by atoms with Crippen molar-refractivity contribution in [3.63, 3.8) is 0 Å². The van der Waals surface area contributed by atoms with Crippen molar-refractivity contribution < 1.29 is 9.60 Å². The van der Waals surface area contributed by atoms with Crippen molar-refractivity contribution in [1.29, 1.82) is 0 Å². The van der Waals surface area contributed by atoms with E-state index in [1.807, 2.05) is 6.92 Å². The van der Waals surface area contributed by atoms with Crippen molar-refractivity contribution in [1.82, 2.24) is 5.32 Å². The molecule has 0 amide bonds. The number of nitrogens with zero attached hydrogens (tertiary/aromatic N) is 1. The van der Waals surface area contributed by atoms with E-state index in [4.69, 9.17) is 10.9 Å². The van der Waals surface area contributed by atoms with E-state index >= 15 is 0 Å². The van der Waals surface area contributed by atoms with Gasteiger partial charge in [0.15, 0.2) is 5.84 Å². The summed E-state index contributed by atoms with van der Waals surface area (Å²) in [5, 5.41) is 14.4. The van der Waals surface area contributed by atoms with E-state index in [1.54, 1.807) is 6.07 Å². The Kier molecular flexibility index (Phi) is 4.05. The highest BCUT2D eigenvalue weighted by molar-refractivity contribution is 5.97. The van der Waals surface area contributed by atoms with Gasteiger partial charge in [0, 0.05) is 12.1 Å². The Morgan fingerprint density at radius 2 is 2.27 bits per heavy atom. The summed E-state index contributed by atoms with van der Waals surface area (Å²) in [4.78, 5) is 0. The molecule has 4 N–H and O–H groups in total. The van der Waals surface area contributed by atoms with Gasteiger partial charge in [-0.15, -0.1) is 0 Å². The molecular weight excluding hydrogens is 197 g/mol. The lowest BCUT2D eigenvalue weighted by molar-refractivity contribution is 0.318. The number of nitrogens with one attached hydrogen (secondary N) is 1. The minimum absolute atomic E-state index is 0.0905. The molecule has 0 saturated carbocycles. The van der Waals surface area contributed by atoms with Gasteiger partial charge < -0.3 is 16.3 Å². The molecule has 0 atom stereocenters. The van der Waals surface area contributed by atoms with Crippen LogP contribution in [0.3, 0.4) is 0 Å². The van der Waals surface area contributed by atoms with Gasteiger partial charge in [-0.05, 0) is 30.3 Å². The molecule has 0 radical (unpaired) electrons. The van der Waals surface area contributed by atoms with Crippen molar-refractivity contribution >= 4 is 5.84 Å². The smallest absolute Gasteiger partial charge is 0.170 e. The van der Waals surface area contributed by atoms with Gasteiger partial charge in [-0.2, -0.15) is 0 Å². The van der Waals surface area contributed by atoms with Crippen molar-refractivity contribution in [2.24, 2.45) is 10.9 Å². The van der Waals surface area contributed by atoms with Crippen LogP contribution in [-0.4, -0.2) is 17.6 Å². The number of halogens is 1. The zero-order valence-electron chi connectivity index (χ0n) is 8.50. The standard InChI is InChI=1S/C10H14FN3O/c1-2-13-6-7-3-8(10(12)14-15)5-9(11)4-7/h3-5,13,15H,2,6H2,1H3,(H2,12,14). The second-order valence-electron chi connectivity index (χ2n) is 3.11. The van der Waals surface area contributed by atoms with E-state index in [0.717, 1.165) is 12.1 Å². The summed E-state index contributed by atoms with van der Waals surface area (Å²) in [5.74, 6) is -0.487. The SMILES string of the molecule is CCNCc1cc(F)cc(/C(N)=N/O)c1. The highest BCUT2D eigenvalue weighted by atomic mass is 19.1. The van der Waals surface area contributed by atoms with Crippen LogP contribution in [0.4, 0.5) is 4.39 Å². The predicted molar refractivity (Wildman–Crippen MR) is 56.3 cm³/mol. The average molecular weight is 211 g/mol. The van der Waals surface area contributed by atoms with Crippen molar-refractivity contribution in [2.45, 2.75) is 13.5 Å². The lowest BCUT2D eigenvalue weighted by Gasteiger charge is -2.05. The van der Waals surface area contributed by atoms with Crippen LogP contribution in [0.1, 0.15) is 18.1 Å². The molecule has 0 fully saturated rings. The molecule has 0 aliphatic heterocycles. The second kappa shape index (κ2) is 5.31. The third-order valence-corrected chi connectivity index (χ3v) is 1.94. The van der Waals surface area contributed by atoms with Crippen LogP contribution in [0.25, 0.3) is 0 Å². The highest BCUT2D eigenvalue weighted by Crippen LogP contribution is 2.09. The lowest BCUT2D eigenvalue weighted by Crippen LogP contribution is -2.16. The molecule has 0 saturated heterocycles. The first kappa shape index (κ1) is 11.5. The Morgan fingerprint density at radius 1 is 1.53 bits per heavy atom.